The standard InChI is InChI=1S/C13H17N3O6S2/c14-13-9-5-15(6-10(13)8-23(19,20)7-9)24(21,22)12-3-1-11(2-4-12)16(17)18/h1-4,9-10,13H,5-8,14H2/t9-,10+,13?. The lowest BCUT2D eigenvalue weighted by Crippen LogP contribution is -2.61. The third kappa shape index (κ3) is 3.04. The lowest BCUT2D eigenvalue weighted by Gasteiger charge is -2.44. The van der Waals surface area contributed by atoms with Crippen LogP contribution in [0, 0.1) is 22.0 Å². The van der Waals surface area contributed by atoms with Crippen LogP contribution in [0.2, 0.25) is 0 Å². The van der Waals surface area contributed by atoms with E-state index in [0.29, 0.717) is 0 Å². The second-order valence-corrected chi connectivity index (χ2v) is 10.3. The summed E-state index contributed by atoms with van der Waals surface area (Å²) in [6.07, 6.45) is 0. The summed E-state index contributed by atoms with van der Waals surface area (Å²) in [5.41, 5.74) is 5.85. The maximum absolute atomic E-state index is 12.7. The van der Waals surface area contributed by atoms with Gasteiger partial charge in [0.2, 0.25) is 10.0 Å². The molecule has 132 valence electrons. The summed E-state index contributed by atoms with van der Waals surface area (Å²) < 4.78 is 50.4. The van der Waals surface area contributed by atoms with Gasteiger partial charge >= 0.3 is 0 Å². The smallest absolute Gasteiger partial charge is 0.269 e. The van der Waals surface area contributed by atoms with Crippen LogP contribution in [0.25, 0.3) is 0 Å². The molecule has 0 radical (unpaired) electrons. The van der Waals surface area contributed by atoms with Gasteiger partial charge in [0.05, 0.1) is 21.3 Å². The van der Waals surface area contributed by atoms with Crippen molar-refractivity contribution >= 4 is 25.5 Å². The summed E-state index contributed by atoms with van der Waals surface area (Å²) in [6, 6.07) is 4.31. The Balaban J connectivity index is 1.87. The topological polar surface area (TPSA) is 141 Å². The molecule has 0 spiro atoms. The number of nitro benzene ring substituents is 1. The predicted octanol–water partition coefficient (Wildman–Crippen LogP) is -0.413. The van der Waals surface area contributed by atoms with Gasteiger partial charge in [-0.25, -0.2) is 16.8 Å². The number of fused-ring (bicyclic) bond motifs is 2. The summed E-state index contributed by atoms with van der Waals surface area (Å²) in [5.74, 6) is -1.10. The van der Waals surface area contributed by atoms with Crippen molar-refractivity contribution in [3.05, 3.63) is 34.4 Å². The molecule has 2 fully saturated rings. The molecule has 2 aliphatic heterocycles. The van der Waals surface area contributed by atoms with Gasteiger partial charge in [0.25, 0.3) is 5.69 Å². The van der Waals surface area contributed by atoms with E-state index in [1.165, 1.54) is 16.4 Å². The van der Waals surface area contributed by atoms with Crippen molar-refractivity contribution in [2.24, 2.45) is 17.6 Å². The molecule has 9 nitrogen and oxygen atoms in total. The lowest BCUT2D eigenvalue weighted by molar-refractivity contribution is -0.384. The summed E-state index contributed by atoms with van der Waals surface area (Å²) in [5, 5.41) is 10.7. The Hall–Kier alpha value is -1.56. The molecular formula is C13H17N3O6S2. The van der Waals surface area contributed by atoms with Crippen molar-refractivity contribution in [1.82, 2.24) is 4.31 Å². The Morgan fingerprint density at radius 1 is 1.12 bits per heavy atom. The van der Waals surface area contributed by atoms with E-state index in [1.807, 2.05) is 0 Å². The van der Waals surface area contributed by atoms with Gasteiger partial charge in [0.1, 0.15) is 0 Å². The SMILES string of the molecule is NC1[C@@H]2CN(S(=O)(=O)c3ccc([N+](=O)[O-])cc3)C[C@H]1CS(=O)(=O)C2. The molecule has 2 aliphatic rings. The number of nitro groups is 1. The van der Waals surface area contributed by atoms with Crippen LogP contribution in [-0.4, -0.2) is 56.7 Å². The summed E-state index contributed by atoms with van der Waals surface area (Å²) in [4.78, 5) is 10.0. The zero-order valence-corrected chi connectivity index (χ0v) is 14.2. The Bertz CT molecular complexity index is 843. The van der Waals surface area contributed by atoms with E-state index >= 15 is 0 Å². The molecule has 0 aliphatic carbocycles. The van der Waals surface area contributed by atoms with Gasteiger partial charge in [-0.1, -0.05) is 0 Å². The first kappa shape index (κ1) is 17.3. The highest BCUT2D eigenvalue weighted by atomic mass is 32.2. The van der Waals surface area contributed by atoms with E-state index in [1.54, 1.807) is 0 Å². The van der Waals surface area contributed by atoms with E-state index in [9.17, 15) is 26.9 Å². The van der Waals surface area contributed by atoms with Crippen LogP contribution in [-0.2, 0) is 19.9 Å². The Labute approximate surface area is 139 Å². The van der Waals surface area contributed by atoms with Crippen molar-refractivity contribution < 1.29 is 21.8 Å². The maximum Gasteiger partial charge on any atom is 0.269 e. The fourth-order valence-corrected chi connectivity index (χ4v) is 7.01. The number of non-ortho nitro benzene ring substituents is 1. The van der Waals surface area contributed by atoms with Crippen LogP contribution < -0.4 is 5.73 Å². The minimum Gasteiger partial charge on any atom is -0.327 e. The monoisotopic (exact) mass is 375 g/mol. The van der Waals surface area contributed by atoms with Crippen molar-refractivity contribution in [2.75, 3.05) is 24.6 Å². The van der Waals surface area contributed by atoms with Crippen molar-refractivity contribution in [2.45, 2.75) is 10.9 Å². The number of nitrogens with two attached hydrogens (primary N) is 1. The normalized spacial score (nSPS) is 30.0. The van der Waals surface area contributed by atoms with Crippen LogP contribution in [0.3, 0.4) is 0 Å². The fraction of sp³-hybridized carbons (Fsp3) is 0.538. The molecule has 1 aromatic carbocycles. The molecule has 2 bridgehead atoms. The van der Waals surface area contributed by atoms with Crippen LogP contribution in [0.15, 0.2) is 29.2 Å². The van der Waals surface area contributed by atoms with E-state index in [4.69, 9.17) is 5.73 Å². The van der Waals surface area contributed by atoms with Gasteiger partial charge in [-0.2, -0.15) is 4.31 Å². The maximum atomic E-state index is 12.7. The van der Waals surface area contributed by atoms with Crippen LogP contribution in [0.4, 0.5) is 5.69 Å². The average molecular weight is 375 g/mol. The number of sulfone groups is 1. The number of benzene rings is 1. The van der Waals surface area contributed by atoms with Gasteiger partial charge in [-0.15, -0.1) is 0 Å². The molecule has 2 saturated heterocycles. The highest BCUT2D eigenvalue weighted by Gasteiger charge is 2.46. The highest BCUT2D eigenvalue weighted by molar-refractivity contribution is 7.91. The number of hydrogen-bond acceptors (Lipinski definition) is 7. The second-order valence-electron chi connectivity index (χ2n) is 6.25. The molecular weight excluding hydrogens is 358 g/mol. The molecule has 0 amide bonds. The molecule has 2 heterocycles. The second kappa shape index (κ2) is 5.76. The van der Waals surface area contributed by atoms with E-state index in [-0.39, 0.29) is 41.2 Å². The van der Waals surface area contributed by atoms with Gasteiger partial charge < -0.3 is 5.73 Å². The zero-order chi connectivity index (χ0) is 17.7. The molecule has 1 unspecified atom stereocenters. The highest BCUT2D eigenvalue weighted by Crippen LogP contribution is 2.32. The number of rotatable bonds is 3. The largest absolute Gasteiger partial charge is 0.327 e. The van der Waals surface area contributed by atoms with Crippen LogP contribution in [0.5, 0.6) is 0 Å². The summed E-state index contributed by atoms with van der Waals surface area (Å²) >= 11 is 0. The third-order valence-corrected chi connectivity index (χ3v) is 8.30. The first-order valence-electron chi connectivity index (χ1n) is 7.31. The Morgan fingerprint density at radius 3 is 2.08 bits per heavy atom. The summed E-state index contributed by atoms with van der Waals surface area (Å²) in [7, 11) is -7.05. The third-order valence-electron chi connectivity index (χ3n) is 4.59. The average Bonchev–Trinajstić information content (AvgIpc) is 2.48. The molecule has 0 saturated carbocycles. The molecule has 2 N–H and O–H groups in total. The van der Waals surface area contributed by atoms with E-state index < -0.39 is 36.6 Å². The molecule has 0 aromatic heterocycles. The quantitative estimate of drug-likeness (QED) is 0.559. The Kier molecular flexibility index (Phi) is 4.14. The summed E-state index contributed by atoms with van der Waals surface area (Å²) in [6.45, 7) is 0.0758. The number of nitrogens with zero attached hydrogens (tertiary/aromatic N) is 2. The first-order valence-corrected chi connectivity index (χ1v) is 10.6. The van der Waals surface area contributed by atoms with Gasteiger partial charge in [0.15, 0.2) is 9.84 Å². The van der Waals surface area contributed by atoms with Crippen molar-refractivity contribution in [1.29, 1.82) is 0 Å². The number of piperidine rings is 1. The Morgan fingerprint density at radius 2 is 1.62 bits per heavy atom. The number of hydrogen-bond donors (Lipinski definition) is 1. The first-order chi connectivity index (χ1) is 11.1. The van der Waals surface area contributed by atoms with Crippen molar-refractivity contribution in [3.8, 4) is 0 Å². The van der Waals surface area contributed by atoms with Crippen molar-refractivity contribution in [3.63, 3.8) is 0 Å². The molecule has 24 heavy (non-hydrogen) atoms. The van der Waals surface area contributed by atoms with Gasteiger partial charge in [-0.3, -0.25) is 10.1 Å². The number of sulfonamides is 1. The van der Waals surface area contributed by atoms with E-state index in [0.717, 1.165) is 12.1 Å². The van der Waals surface area contributed by atoms with Crippen LogP contribution in [0.1, 0.15) is 0 Å². The van der Waals surface area contributed by atoms with Gasteiger partial charge in [-0.05, 0) is 12.1 Å². The minimum atomic E-state index is -3.85. The van der Waals surface area contributed by atoms with Crippen LogP contribution >= 0.6 is 0 Å². The molecule has 3 rings (SSSR count). The molecule has 11 heteroatoms. The zero-order valence-electron chi connectivity index (χ0n) is 12.6. The molecule has 1 aromatic rings. The lowest BCUT2D eigenvalue weighted by atomic mass is 9.87. The van der Waals surface area contributed by atoms with Gasteiger partial charge in [0, 0.05) is 43.1 Å². The molecule has 3 atom stereocenters. The fourth-order valence-electron chi connectivity index (χ4n) is 3.36. The minimum absolute atomic E-state index is 0.0379. The van der Waals surface area contributed by atoms with E-state index in [2.05, 4.69) is 0 Å². The predicted molar refractivity (Wildman–Crippen MR) is 85.5 cm³/mol.